The van der Waals surface area contributed by atoms with Crippen molar-refractivity contribution in [1.82, 2.24) is 4.98 Å². The van der Waals surface area contributed by atoms with Gasteiger partial charge in [-0.3, -0.25) is 4.79 Å². The van der Waals surface area contributed by atoms with E-state index < -0.39 is 5.97 Å². The van der Waals surface area contributed by atoms with Gasteiger partial charge in [-0.15, -0.1) is 11.3 Å². The molecule has 0 aliphatic carbocycles. The normalized spacial score (nSPS) is 10.5. The van der Waals surface area contributed by atoms with Gasteiger partial charge in [0.15, 0.2) is 6.61 Å². The highest BCUT2D eigenvalue weighted by Gasteiger charge is 2.17. The highest BCUT2D eigenvalue weighted by Crippen LogP contribution is 2.19. The number of anilines is 1. The van der Waals surface area contributed by atoms with E-state index in [-0.39, 0.29) is 25.5 Å². The van der Waals surface area contributed by atoms with Crippen LogP contribution >= 0.6 is 11.3 Å². The number of amides is 1. The molecule has 2 aromatic rings. The molecule has 0 radical (unpaired) electrons. The van der Waals surface area contributed by atoms with Gasteiger partial charge < -0.3 is 9.64 Å². The van der Waals surface area contributed by atoms with Crippen molar-refractivity contribution in [2.24, 2.45) is 0 Å². The summed E-state index contributed by atoms with van der Waals surface area (Å²) < 4.78 is 5.02. The lowest BCUT2D eigenvalue weighted by Gasteiger charge is -2.22. The zero-order valence-electron chi connectivity index (χ0n) is 14.6. The summed E-state index contributed by atoms with van der Waals surface area (Å²) in [5, 5.41) is 11.3. The minimum atomic E-state index is -0.616. The summed E-state index contributed by atoms with van der Waals surface area (Å²) >= 11 is 1.39. The van der Waals surface area contributed by atoms with Crippen LogP contribution in [0.1, 0.15) is 22.6 Å². The Balaban J connectivity index is 2.02. The van der Waals surface area contributed by atoms with Gasteiger partial charge in [-0.2, -0.15) is 5.26 Å². The first-order chi connectivity index (χ1) is 12.5. The molecule has 2 rings (SSSR count). The molecule has 6 nitrogen and oxygen atoms in total. The monoisotopic (exact) mass is 369 g/mol. The highest BCUT2D eigenvalue weighted by atomic mass is 32.1. The quantitative estimate of drug-likeness (QED) is 0.552. The van der Waals surface area contributed by atoms with Gasteiger partial charge in [0.05, 0.1) is 12.5 Å². The fourth-order valence-corrected chi connectivity index (χ4v) is 2.91. The van der Waals surface area contributed by atoms with Gasteiger partial charge >= 0.3 is 5.97 Å². The van der Waals surface area contributed by atoms with Crippen LogP contribution in [0.15, 0.2) is 35.9 Å². The minimum Gasteiger partial charge on any atom is -0.452 e. The zero-order chi connectivity index (χ0) is 18.9. The number of hydrogen-bond donors (Lipinski definition) is 0. The van der Waals surface area contributed by atoms with Crippen LogP contribution in [0.5, 0.6) is 0 Å². The van der Waals surface area contributed by atoms with E-state index in [0.29, 0.717) is 10.7 Å². The number of aromatic nitrogens is 1. The number of rotatable bonds is 7. The van der Waals surface area contributed by atoms with Crippen LogP contribution in [-0.4, -0.2) is 30.0 Å². The number of aryl methyl sites for hydroxylation is 2. The van der Waals surface area contributed by atoms with Crippen LogP contribution < -0.4 is 4.90 Å². The van der Waals surface area contributed by atoms with Gasteiger partial charge in [0.1, 0.15) is 5.01 Å². The smallest absolute Gasteiger partial charge is 0.331 e. The molecule has 1 heterocycles. The van der Waals surface area contributed by atoms with Crippen molar-refractivity contribution >= 4 is 35.0 Å². The molecule has 26 heavy (non-hydrogen) atoms. The number of nitriles is 1. The average Bonchev–Trinajstić information content (AvgIpc) is 3.11. The maximum Gasteiger partial charge on any atom is 0.331 e. The molecule has 0 saturated heterocycles. The third-order valence-electron chi connectivity index (χ3n) is 3.42. The second-order valence-electron chi connectivity index (χ2n) is 5.61. The third kappa shape index (κ3) is 5.83. The Morgan fingerprint density at radius 2 is 2.04 bits per heavy atom. The molecule has 0 unspecified atom stereocenters. The average molecular weight is 369 g/mol. The molecule has 0 N–H and O–H groups in total. The lowest BCUT2D eigenvalue weighted by atomic mass is 10.1. The molecule has 134 valence electrons. The van der Waals surface area contributed by atoms with Crippen LogP contribution in [-0.2, 0) is 14.3 Å². The van der Waals surface area contributed by atoms with E-state index in [0.717, 1.165) is 11.1 Å². The Morgan fingerprint density at radius 1 is 1.31 bits per heavy atom. The molecule has 0 fully saturated rings. The van der Waals surface area contributed by atoms with Crippen LogP contribution in [0.3, 0.4) is 0 Å². The third-order valence-corrected chi connectivity index (χ3v) is 4.16. The van der Waals surface area contributed by atoms with Crippen LogP contribution in [0.4, 0.5) is 5.69 Å². The number of esters is 1. The predicted octanol–water partition coefficient (Wildman–Crippen LogP) is 3.26. The van der Waals surface area contributed by atoms with Crippen molar-refractivity contribution in [3.63, 3.8) is 0 Å². The summed E-state index contributed by atoms with van der Waals surface area (Å²) in [5.74, 6) is -0.990. The molecule has 7 heteroatoms. The molecule has 0 atom stereocenters. The van der Waals surface area contributed by atoms with E-state index in [1.54, 1.807) is 11.6 Å². The molecule has 0 bridgehead atoms. The van der Waals surface area contributed by atoms with E-state index >= 15 is 0 Å². The van der Waals surface area contributed by atoms with Crippen molar-refractivity contribution in [1.29, 1.82) is 5.26 Å². The SMILES string of the molecule is Cc1cc(C)cc(N(CCC#N)C(=O)COC(=O)C=Cc2nccs2)c1. The molecule has 1 aromatic carbocycles. The molecular formula is C19H19N3O3S. The number of hydrogen-bond acceptors (Lipinski definition) is 6. The molecule has 1 amide bonds. The van der Waals surface area contributed by atoms with E-state index in [4.69, 9.17) is 10.00 Å². The minimum absolute atomic E-state index is 0.191. The Labute approximate surface area is 156 Å². The van der Waals surface area contributed by atoms with Gasteiger partial charge in [-0.05, 0) is 43.2 Å². The first-order valence-corrected chi connectivity index (χ1v) is 8.87. The van der Waals surface area contributed by atoms with Gasteiger partial charge in [0, 0.05) is 29.9 Å². The first-order valence-electron chi connectivity index (χ1n) is 7.99. The molecular weight excluding hydrogens is 350 g/mol. The maximum absolute atomic E-state index is 12.5. The van der Waals surface area contributed by atoms with E-state index in [2.05, 4.69) is 4.98 Å². The van der Waals surface area contributed by atoms with Crippen molar-refractivity contribution in [2.75, 3.05) is 18.1 Å². The van der Waals surface area contributed by atoms with E-state index in [1.165, 1.54) is 28.4 Å². The largest absolute Gasteiger partial charge is 0.452 e. The lowest BCUT2D eigenvalue weighted by molar-refractivity contribution is -0.142. The molecule has 0 aliphatic rings. The first kappa shape index (κ1) is 19.3. The van der Waals surface area contributed by atoms with Crippen molar-refractivity contribution in [3.05, 3.63) is 52.0 Å². The summed E-state index contributed by atoms with van der Waals surface area (Å²) in [7, 11) is 0. The number of ether oxygens (including phenoxy) is 1. The van der Waals surface area contributed by atoms with Gasteiger partial charge in [0.25, 0.3) is 5.91 Å². The second-order valence-corrected chi connectivity index (χ2v) is 6.54. The molecule has 0 aliphatic heterocycles. The number of nitrogens with zero attached hydrogens (tertiary/aromatic N) is 3. The van der Waals surface area contributed by atoms with Gasteiger partial charge in [0.2, 0.25) is 0 Å². The maximum atomic E-state index is 12.5. The lowest BCUT2D eigenvalue weighted by Crippen LogP contribution is -2.35. The molecule has 0 spiro atoms. The number of thiazole rings is 1. The predicted molar refractivity (Wildman–Crippen MR) is 101 cm³/mol. The van der Waals surface area contributed by atoms with E-state index in [1.807, 2.05) is 38.1 Å². The van der Waals surface area contributed by atoms with Crippen molar-refractivity contribution in [2.45, 2.75) is 20.3 Å². The number of carbonyl (C=O) groups excluding carboxylic acids is 2. The Bertz CT molecular complexity index is 818. The topological polar surface area (TPSA) is 83.3 Å². The summed E-state index contributed by atoms with van der Waals surface area (Å²) in [6.45, 7) is 3.73. The van der Waals surface area contributed by atoms with Crippen LogP contribution in [0.2, 0.25) is 0 Å². The standard InChI is InChI=1S/C19H19N3O3S/c1-14-10-15(2)12-16(11-14)22(8-3-6-20)18(23)13-25-19(24)5-4-17-21-7-9-26-17/h4-5,7,9-12H,3,8,13H2,1-2H3. The zero-order valence-corrected chi connectivity index (χ0v) is 15.5. The van der Waals surface area contributed by atoms with Crippen LogP contribution in [0, 0.1) is 25.2 Å². The molecule has 0 saturated carbocycles. The summed E-state index contributed by atoms with van der Waals surface area (Å²) in [6, 6.07) is 7.77. The Kier molecular flexibility index (Phi) is 7.06. The fraction of sp³-hybridized carbons (Fsp3) is 0.263. The van der Waals surface area contributed by atoms with Gasteiger partial charge in [-0.25, -0.2) is 9.78 Å². The van der Waals surface area contributed by atoms with E-state index in [9.17, 15) is 9.59 Å². The number of carbonyl (C=O) groups is 2. The Morgan fingerprint density at radius 3 is 2.65 bits per heavy atom. The summed E-state index contributed by atoms with van der Waals surface area (Å²) in [4.78, 5) is 29.8. The van der Waals surface area contributed by atoms with Gasteiger partial charge in [-0.1, -0.05) is 6.07 Å². The highest BCUT2D eigenvalue weighted by molar-refractivity contribution is 7.10. The second kappa shape index (κ2) is 9.49. The summed E-state index contributed by atoms with van der Waals surface area (Å²) in [6.07, 6.45) is 4.60. The van der Waals surface area contributed by atoms with Crippen LogP contribution in [0.25, 0.3) is 6.08 Å². The number of benzene rings is 1. The fourth-order valence-electron chi connectivity index (χ4n) is 2.38. The Hall–Kier alpha value is -2.98. The van der Waals surface area contributed by atoms with Crippen molar-refractivity contribution < 1.29 is 14.3 Å². The molecule has 1 aromatic heterocycles. The summed E-state index contributed by atoms with van der Waals surface area (Å²) in [5.41, 5.74) is 2.72. The van der Waals surface area contributed by atoms with Crippen molar-refractivity contribution in [3.8, 4) is 6.07 Å².